The molecular formula is C14H29N3O. The Bertz CT molecular complexity index is 258. The Morgan fingerprint density at radius 1 is 1.28 bits per heavy atom. The summed E-state index contributed by atoms with van der Waals surface area (Å²) in [6, 6.07) is 0.425. The maximum Gasteiger partial charge on any atom is 0.234 e. The van der Waals surface area contributed by atoms with Gasteiger partial charge in [-0.3, -0.25) is 4.79 Å². The molecule has 0 bridgehead atoms. The fourth-order valence-corrected chi connectivity index (χ4v) is 2.78. The van der Waals surface area contributed by atoms with Crippen LogP contribution in [0.2, 0.25) is 0 Å². The first-order valence-electron chi connectivity index (χ1n) is 7.04. The molecule has 1 aliphatic rings. The molecular weight excluding hydrogens is 226 g/mol. The van der Waals surface area contributed by atoms with Gasteiger partial charge < -0.3 is 15.5 Å². The molecule has 18 heavy (non-hydrogen) atoms. The van der Waals surface area contributed by atoms with Crippen LogP contribution >= 0.6 is 0 Å². The van der Waals surface area contributed by atoms with Crippen LogP contribution in [0, 0.1) is 5.41 Å². The van der Waals surface area contributed by atoms with E-state index in [1.165, 1.54) is 12.8 Å². The first kappa shape index (κ1) is 15.4. The predicted molar refractivity (Wildman–Crippen MR) is 75.6 cm³/mol. The van der Waals surface area contributed by atoms with E-state index in [1.807, 2.05) is 0 Å². The van der Waals surface area contributed by atoms with Crippen molar-refractivity contribution in [3.8, 4) is 0 Å². The van der Waals surface area contributed by atoms with E-state index in [9.17, 15) is 4.79 Å². The molecule has 0 atom stereocenters. The molecule has 1 aliphatic carbocycles. The number of amides is 1. The van der Waals surface area contributed by atoms with Crippen LogP contribution in [0.25, 0.3) is 0 Å². The summed E-state index contributed by atoms with van der Waals surface area (Å²) in [6.45, 7) is 6.75. The van der Waals surface area contributed by atoms with Crippen LogP contribution in [-0.2, 0) is 4.79 Å². The van der Waals surface area contributed by atoms with Crippen LogP contribution < -0.4 is 10.6 Å². The molecule has 0 radical (unpaired) electrons. The number of nitrogens with zero attached hydrogens (tertiary/aromatic N) is 1. The van der Waals surface area contributed by atoms with Crippen molar-refractivity contribution in [2.75, 3.05) is 33.7 Å². The Morgan fingerprint density at radius 2 is 1.89 bits per heavy atom. The molecule has 1 rings (SSSR count). The van der Waals surface area contributed by atoms with Gasteiger partial charge in [0.05, 0.1) is 6.54 Å². The lowest BCUT2D eigenvalue weighted by atomic mass is 9.93. The van der Waals surface area contributed by atoms with Gasteiger partial charge in [0.1, 0.15) is 0 Å². The molecule has 0 aromatic heterocycles. The van der Waals surface area contributed by atoms with Gasteiger partial charge in [0.25, 0.3) is 0 Å². The van der Waals surface area contributed by atoms with Crippen LogP contribution in [0.3, 0.4) is 0 Å². The van der Waals surface area contributed by atoms with E-state index >= 15 is 0 Å². The van der Waals surface area contributed by atoms with Crippen molar-refractivity contribution in [1.29, 1.82) is 0 Å². The Kier molecular flexibility index (Phi) is 6.09. The van der Waals surface area contributed by atoms with E-state index in [2.05, 4.69) is 43.5 Å². The lowest BCUT2D eigenvalue weighted by Crippen LogP contribution is -2.43. The second-order valence-corrected chi connectivity index (χ2v) is 6.55. The number of carbonyl (C=O) groups excluding carboxylic acids is 1. The highest BCUT2D eigenvalue weighted by atomic mass is 16.1. The van der Waals surface area contributed by atoms with Crippen molar-refractivity contribution in [3.05, 3.63) is 0 Å². The Morgan fingerprint density at radius 3 is 2.44 bits per heavy atom. The highest BCUT2D eigenvalue weighted by molar-refractivity contribution is 5.78. The van der Waals surface area contributed by atoms with E-state index in [4.69, 9.17) is 0 Å². The maximum atomic E-state index is 11.7. The largest absolute Gasteiger partial charge is 0.352 e. The van der Waals surface area contributed by atoms with Crippen LogP contribution in [0.5, 0.6) is 0 Å². The van der Waals surface area contributed by atoms with E-state index in [-0.39, 0.29) is 11.3 Å². The van der Waals surface area contributed by atoms with Gasteiger partial charge in [0, 0.05) is 19.1 Å². The van der Waals surface area contributed by atoms with Crippen molar-refractivity contribution in [2.24, 2.45) is 5.41 Å². The van der Waals surface area contributed by atoms with Crippen molar-refractivity contribution in [3.63, 3.8) is 0 Å². The molecule has 2 N–H and O–H groups in total. The van der Waals surface area contributed by atoms with Gasteiger partial charge in [-0.25, -0.2) is 0 Å². The zero-order valence-corrected chi connectivity index (χ0v) is 12.4. The number of hydrogen-bond acceptors (Lipinski definition) is 3. The lowest BCUT2D eigenvalue weighted by Gasteiger charge is -2.28. The smallest absolute Gasteiger partial charge is 0.234 e. The van der Waals surface area contributed by atoms with Gasteiger partial charge in [-0.2, -0.15) is 0 Å². The standard InChI is InChI=1S/C14H29N3O/c1-14(2,11-17(3)4)10-15-9-13(18)16-12-7-5-6-8-12/h12,15H,5-11H2,1-4H3,(H,16,18). The molecule has 1 saturated carbocycles. The SMILES string of the molecule is CN(C)CC(C)(C)CNCC(=O)NC1CCCC1. The Hall–Kier alpha value is -0.610. The van der Waals surface area contributed by atoms with Crippen molar-refractivity contribution in [2.45, 2.75) is 45.6 Å². The monoisotopic (exact) mass is 255 g/mol. The zero-order chi connectivity index (χ0) is 13.6. The molecule has 0 unspecified atom stereocenters. The molecule has 0 aliphatic heterocycles. The molecule has 0 heterocycles. The predicted octanol–water partition coefficient (Wildman–Crippen LogP) is 1.22. The zero-order valence-electron chi connectivity index (χ0n) is 12.4. The summed E-state index contributed by atoms with van der Waals surface area (Å²) in [6.07, 6.45) is 4.82. The van der Waals surface area contributed by atoms with Crippen LogP contribution in [-0.4, -0.2) is 50.6 Å². The average molecular weight is 255 g/mol. The second-order valence-electron chi connectivity index (χ2n) is 6.55. The molecule has 0 aromatic rings. The first-order chi connectivity index (χ1) is 8.39. The van der Waals surface area contributed by atoms with E-state index in [1.54, 1.807) is 0 Å². The summed E-state index contributed by atoms with van der Waals surface area (Å²) >= 11 is 0. The fourth-order valence-electron chi connectivity index (χ4n) is 2.78. The average Bonchev–Trinajstić information content (AvgIpc) is 2.67. The fraction of sp³-hybridized carbons (Fsp3) is 0.929. The third kappa shape index (κ3) is 6.36. The van der Waals surface area contributed by atoms with Crippen molar-refractivity contribution in [1.82, 2.24) is 15.5 Å². The molecule has 0 aromatic carbocycles. The molecule has 0 spiro atoms. The minimum absolute atomic E-state index is 0.141. The normalized spacial score (nSPS) is 17.4. The van der Waals surface area contributed by atoms with E-state index < -0.39 is 0 Å². The highest BCUT2D eigenvalue weighted by Crippen LogP contribution is 2.17. The first-order valence-corrected chi connectivity index (χ1v) is 7.04. The molecule has 1 amide bonds. The molecule has 4 heteroatoms. The number of hydrogen-bond donors (Lipinski definition) is 2. The Balaban J connectivity index is 2.14. The molecule has 1 fully saturated rings. The molecule has 106 valence electrons. The number of nitrogens with one attached hydrogen (secondary N) is 2. The van der Waals surface area contributed by atoms with Gasteiger partial charge in [-0.1, -0.05) is 26.7 Å². The molecule has 0 saturated heterocycles. The van der Waals surface area contributed by atoms with E-state index in [0.29, 0.717) is 12.6 Å². The third-order valence-electron chi connectivity index (χ3n) is 3.35. The summed E-state index contributed by atoms with van der Waals surface area (Å²) in [5, 5.41) is 6.36. The summed E-state index contributed by atoms with van der Waals surface area (Å²) < 4.78 is 0. The van der Waals surface area contributed by atoms with E-state index in [0.717, 1.165) is 25.9 Å². The third-order valence-corrected chi connectivity index (χ3v) is 3.35. The van der Waals surface area contributed by atoms with Crippen LogP contribution in [0.1, 0.15) is 39.5 Å². The summed E-state index contributed by atoms with van der Waals surface area (Å²) in [7, 11) is 4.16. The second kappa shape index (κ2) is 7.10. The minimum Gasteiger partial charge on any atom is -0.352 e. The quantitative estimate of drug-likeness (QED) is 0.719. The van der Waals surface area contributed by atoms with Crippen molar-refractivity contribution >= 4 is 5.91 Å². The van der Waals surface area contributed by atoms with Crippen LogP contribution in [0.4, 0.5) is 0 Å². The van der Waals surface area contributed by atoms with Crippen molar-refractivity contribution < 1.29 is 4.79 Å². The summed E-state index contributed by atoms with van der Waals surface area (Å²) in [4.78, 5) is 13.9. The summed E-state index contributed by atoms with van der Waals surface area (Å²) in [5.74, 6) is 0.141. The van der Waals surface area contributed by atoms with Gasteiger partial charge >= 0.3 is 0 Å². The maximum absolute atomic E-state index is 11.7. The minimum atomic E-state index is 0.141. The van der Waals surface area contributed by atoms with Gasteiger partial charge in [0.2, 0.25) is 5.91 Å². The highest BCUT2D eigenvalue weighted by Gasteiger charge is 2.20. The number of rotatable bonds is 7. The summed E-state index contributed by atoms with van der Waals surface area (Å²) in [5.41, 5.74) is 0.192. The molecule has 4 nitrogen and oxygen atoms in total. The van der Waals surface area contributed by atoms with Gasteiger partial charge in [0.15, 0.2) is 0 Å². The van der Waals surface area contributed by atoms with Gasteiger partial charge in [-0.05, 0) is 32.4 Å². The number of carbonyl (C=O) groups is 1. The van der Waals surface area contributed by atoms with Crippen LogP contribution in [0.15, 0.2) is 0 Å². The Labute approximate surface area is 111 Å². The van der Waals surface area contributed by atoms with Gasteiger partial charge in [-0.15, -0.1) is 0 Å². The topological polar surface area (TPSA) is 44.4 Å². The lowest BCUT2D eigenvalue weighted by molar-refractivity contribution is -0.120.